The van der Waals surface area contributed by atoms with Crippen LogP contribution in [0.15, 0.2) is 35.3 Å². The third-order valence-electron chi connectivity index (χ3n) is 5.62. The number of benzene rings is 1. The lowest BCUT2D eigenvalue weighted by Crippen LogP contribution is -2.54. The Morgan fingerprint density at radius 2 is 2.04 bits per heavy atom. The molecule has 1 amide bonds. The highest BCUT2D eigenvalue weighted by Gasteiger charge is 2.42. The molecule has 156 valence electrons. The van der Waals surface area contributed by atoms with Gasteiger partial charge in [-0.1, -0.05) is 30.3 Å². The van der Waals surface area contributed by atoms with E-state index in [1.54, 1.807) is 19.0 Å². The first-order chi connectivity index (χ1) is 13.0. The summed E-state index contributed by atoms with van der Waals surface area (Å²) in [5, 5.41) is 7.03. The fourth-order valence-electron chi connectivity index (χ4n) is 3.72. The van der Waals surface area contributed by atoms with Gasteiger partial charge in [0.15, 0.2) is 5.96 Å². The molecule has 1 aliphatic heterocycles. The minimum absolute atomic E-state index is 0. The molecule has 28 heavy (non-hydrogen) atoms. The molecule has 7 heteroatoms. The van der Waals surface area contributed by atoms with E-state index in [1.807, 2.05) is 18.2 Å². The van der Waals surface area contributed by atoms with Crippen LogP contribution in [-0.4, -0.2) is 55.7 Å². The number of guanidine groups is 1. The van der Waals surface area contributed by atoms with E-state index < -0.39 is 0 Å². The van der Waals surface area contributed by atoms with Gasteiger partial charge in [0.2, 0.25) is 5.91 Å². The van der Waals surface area contributed by atoms with Crippen molar-refractivity contribution in [1.82, 2.24) is 15.5 Å². The van der Waals surface area contributed by atoms with Crippen LogP contribution in [0, 0.1) is 0 Å². The predicted octanol–water partition coefficient (Wildman–Crippen LogP) is 3.09. The molecule has 2 fully saturated rings. The van der Waals surface area contributed by atoms with E-state index in [-0.39, 0.29) is 48.1 Å². The zero-order valence-electron chi connectivity index (χ0n) is 17.1. The van der Waals surface area contributed by atoms with Gasteiger partial charge in [0, 0.05) is 26.7 Å². The van der Waals surface area contributed by atoms with Crippen LogP contribution in [0.4, 0.5) is 0 Å². The van der Waals surface area contributed by atoms with Gasteiger partial charge in [0.25, 0.3) is 0 Å². The van der Waals surface area contributed by atoms with Crippen LogP contribution >= 0.6 is 24.0 Å². The first-order valence-corrected chi connectivity index (χ1v) is 9.94. The molecular weight excluding hydrogens is 467 g/mol. The van der Waals surface area contributed by atoms with Gasteiger partial charge < -0.3 is 20.3 Å². The Morgan fingerprint density at radius 1 is 1.32 bits per heavy atom. The molecule has 1 saturated heterocycles. The van der Waals surface area contributed by atoms with Crippen molar-refractivity contribution in [2.75, 3.05) is 27.2 Å². The molecule has 1 spiro atoms. The average molecular weight is 500 g/mol. The Hall–Kier alpha value is -1.35. The van der Waals surface area contributed by atoms with Crippen molar-refractivity contribution < 1.29 is 9.53 Å². The molecule has 2 unspecified atom stereocenters. The van der Waals surface area contributed by atoms with Crippen LogP contribution in [0.25, 0.3) is 0 Å². The van der Waals surface area contributed by atoms with Crippen LogP contribution in [0.1, 0.15) is 50.6 Å². The third kappa shape index (κ3) is 6.07. The largest absolute Gasteiger partial charge is 0.375 e. The molecular formula is C21H33IN4O2. The zero-order valence-corrected chi connectivity index (χ0v) is 19.4. The van der Waals surface area contributed by atoms with Crippen molar-refractivity contribution in [3.63, 3.8) is 0 Å². The number of halogens is 1. The third-order valence-corrected chi connectivity index (χ3v) is 5.62. The van der Waals surface area contributed by atoms with Crippen LogP contribution in [0.5, 0.6) is 0 Å². The van der Waals surface area contributed by atoms with Crippen LogP contribution < -0.4 is 10.6 Å². The second-order valence-electron chi connectivity index (χ2n) is 7.95. The Balaban J connectivity index is 0.00000280. The van der Waals surface area contributed by atoms with Gasteiger partial charge in [-0.05, 0) is 44.6 Å². The average Bonchev–Trinajstić information content (AvgIpc) is 2.65. The molecule has 6 nitrogen and oxygen atoms in total. The fraction of sp³-hybridized carbons (Fsp3) is 0.619. The van der Waals surface area contributed by atoms with Crippen molar-refractivity contribution in [2.24, 2.45) is 4.99 Å². The summed E-state index contributed by atoms with van der Waals surface area (Å²) < 4.78 is 6.03. The predicted molar refractivity (Wildman–Crippen MR) is 123 cm³/mol. The molecule has 0 aromatic heterocycles. The van der Waals surface area contributed by atoms with Gasteiger partial charge in [-0.25, -0.2) is 4.99 Å². The SMILES string of the molecule is CC(NC(=NCC(=O)N(C)C)NC1CCOC2(CCC2)C1)c1ccccc1.I. The van der Waals surface area contributed by atoms with Crippen molar-refractivity contribution in [1.29, 1.82) is 0 Å². The minimum Gasteiger partial charge on any atom is -0.375 e. The zero-order chi connectivity index (χ0) is 19.3. The molecule has 1 heterocycles. The standard InChI is InChI=1S/C21H32N4O2.HI/c1-16(17-8-5-4-6-9-17)23-20(22-15-19(26)25(2)3)24-18-10-13-27-21(14-18)11-7-12-21;/h4-6,8-9,16,18H,7,10-15H2,1-3H3,(H2,22,23,24);1H. The lowest BCUT2D eigenvalue weighted by atomic mass is 9.74. The summed E-state index contributed by atoms with van der Waals surface area (Å²) >= 11 is 0. The normalized spacial score (nSPS) is 21.8. The maximum atomic E-state index is 12.0. The smallest absolute Gasteiger partial charge is 0.243 e. The molecule has 2 aliphatic rings. The highest BCUT2D eigenvalue weighted by atomic mass is 127. The number of nitrogens with one attached hydrogen (secondary N) is 2. The van der Waals surface area contributed by atoms with Gasteiger partial charge in [-0.15, -0.1) is 24.0 Å². The topological polar surface area (TPSA) is 66.0 Å². The summed E-state index contributed by atoms with van der Waals surface area (Å²) in [6, 6.07) is 10.7. The van der Waals surface area contributed by atoms with Gasteiger partial charge in [-0.2, -0.15) is 0 Å². The number of carbonyl (C=O) groups is 1. The van der Waals surface area contributed by atoms with Crippen LogP contribution in [-0.2, 0) is 9.53 Å². The van der Waals surface area contributed by atoms with E-state index in [0.29, 0.717) is 12.0 Å². The summed E-state index contributed by atoms with van der Waals surface area (Å²) in [5.74, 6) is 0.689. The molecule has 1 aromatic rings. The molecule has 0 bridgehead atoms. The Morgan fingerprint density at radius 3 is 2.64 bits per heavy atom. The van der Waals surface area contributed by atoms with Crippen molar-refractivity contribution in [3.8, 4) is 0 Å². The summed E-state index contributed by atoms with van der Waals surface area (Å²) in [7, 11) is 3.51. The van der Waals surface area contributed by atoms with Gasteiger partial charge in [-0.3, -0.25) is 4.79 Å². The highest BCUT2D eigenvalue weighted by molar-refractivity contribution is 14.0. The number of ether oxygens (including phenoxy) is 1. The van der Waals surface area contributed by atoms with Gasteiger partial charge >= 0.3 is 0 Å². The Bertz CT molecular complexity index is 662. The van der Waals surface area contributed by atoms with Gasteiger partial charge in [0.05, 0.1) is 11.6 Å². The number of hydrogen-bond donors (Lipinski definition) is 2. The molecule has 1 saturated carbocycles. The Kier molecular flexibility index (Phi) is 8.55. The number of rotatable bonds is 5. The number of likely N-dealkylation sites (N-methyl/N-ethyl adjacent to an activating group) is 1. The number of hydrogen-bond acceptors (Lipinski definition) is 3. The molecule has 0 radical (unpaired) electrons. The van der Waals surface area contributed by atoms with E-state index in [4.69, 9.17) is 4.74 Å². The molecule has 2 atom stereocenters. The molecule has 2 N–H and O–H groups in total. The second-order valence-corrected chi connectivity index (χ2v) is 7.95. The van der Waals surface area contributed by atoms with E-state index in [2.05, 4.69) is 34.7 Å². The Labute approximate surface area is 185 Å². The van der Waals surface area contributed by atoms with E-state index in [1.165, 1.54) is 12.0 Å². The maximum absolute atomic E-state index is 12.0. The molecule has 1 aromatic carbocycles. The van der Waals surface area contributed by atoms with E-state index in [9.17, 15) is 4.79 Å². The summed E-state index contributed by atoms with van der Waals surface area (Å²) in [6.07, 6.45) is 5.54. The molecule has 1 aliphatic carbocycles. The fourth-order valence-corrected chi connectivity index (χ4v) is 3.72. The number of nitrogens with zero attached hydrogens (tertiary/aromatic N) is 2. The van der Waals surface area contributed by atoms with Crippen molar-refractivity contribution in [2.45, 2.75) is 56.7 Å². The monoisotopic (exact) mass is 500 g/mol. The highest BCUT2D eigenvalue weighted by Crippen LogP contribution is 2.42. The molecule has 3 rings (SSSR count). The number of aliphatic imine (C=N–C) groups is 1. The lowest BCUT2D eigenvalue weighted by Gasteiger charge is -2.47. The lowest BCUT2D eigenvalue weighted by molar-refractivity contribution is -0.134. The van der Waals surface area contributed by atoms with Crippen molar-refractivity contribution in [3.05, 3.63) is 35.9 Å². The quantitative estimate of drug-likeness (QED) is 0.371. The number of carbonyl (C=O) groups excluding carboxylic acids is 1. The van der Waals surface area contributed by atoms with Crippen molar-refractivity contribution >= 4 is 35.8 Å². The second kappa shape index (κ2) is 10.4. The maximum Gasteiger partial charge on any atom is 0.243 e. The van der Waals surface area contributed by atoms with E-state index in [0.717, 1.165) is 32.3 Å². The van der Waals surface area contributed by atoms with Gasteiger partial charge in [0.1, 0.15) is 6.54 Å². The minimum atomic E-state index is -0.00842. The summed E-state index contributed by atoms with van der Waals surface area (Å²) in [6.45, 7) is 3.03. The van der Waals surface area contributed by atoms with E-state index >= 15 is 0 Å². The first kappa shape index (κ1) is 22.9. The number of amides is 1. The summed E-state index contributed by atoms with van der Waals surface area (Å²) in [5.41, 5.74) is 1.26. The van der Waals surface area contributed by atoms with Crippen LogP contribution in [0.3, 0.4) is 0 Å². The van der Waals surface area contributed by atoms with Crippen LogP contribution in [0.2, 0.25) is 0 Å². The first-order valence-electron chi connectivity index (χ1n) is 9.94. The summed E-state index contributed by atoms with van der Waals surface area (Å²) in [4.78, 5) is 18.1.